The first-order valence-corrected chi connectivity index (χ1v) is 6.00. The average Bonchev–Trinajstić information content (AvgIpc) is 2.34. The number of hydrogen-bond donors (Lipinski definition) is 2. The molecule has 18 heavy (non-hydrogen) atoms. The van der Waals surface area contributed by atoms with Gasteiger partial charge < -0.3 is 15.4 Å². The van der Waals surface area contributed by atoms with Crippen LogP contribution < -0.4 is 10.6 Å². The molecule has 1 saturated heterocycles. The molecule has 0 aromatic carbocycles. The summed E-state index contributed by atoms with van der Waals surface area (Å²) in [5.74, 6) is -0.311. The molecule has 7 heteroatoms. The maximum Gasteiger partial charge on any atom is 0.389 e. The SMILES string of the molecule is COC1(C(=O)NCCCC(F)(F)F)CCNCC1. The second-order valence-electron chi connectivity index (χ2n) is 4.42. The number of hydrogen-bond acceptors (Lipinski definition) is 3. The summed E-state index contributed by atoms with van der Waals surface area (Å²) in [5.41, 5.74) is -0.885. The topological polar surface area (TPSA) is 50.4 Å². The van der Waals surface area contributed by atoms with E-state index < -0.39 is 18.2 Å². The fourth-order valence-corrected chi connectivity index (χ4v) is 2.01. The van der Waals surface area contributed by atoms with Gasteiger partial charge in [-0.15, -0.1) is 0 Å². The quantitative estimate of drug-likeness (QED) is 0.737. The highest BCUT2D eigenvalue weighted by molar-refractivity contribution is 5.85. The second-order valence-corrected chi connectivity index (χ2v) is 4.42. The molecule has 0 atom stereocenters. The van der Waals surface area contributed by atoms with Gasteiger partial charge in [0.2, 0.25) is 0 Å². The molecular formula is C11H19F3N2O2. The Morgan fingerprint density at radius 3 is 2.50 bits per heavy atom. The van der Waals surface area contributed by atoms with Crippen LogP contribution in [0, 0.1) is 0 Å². The Kier molecular flexibility index (Phi) is 5.40. The molecule has 1 aliphatic rings. The molecule has 0 bridgehead atoms. The maximum atomic E-state index is 11.9. The van der Waals surface area contributed by atoms with Crippen LogP contribution in [0.5, 0.6) is 0 Å². The van der Waals surface area contributed by atoms with E-state index in [4.69, 9.17) is 4.74 Å². The molecule has 1 heterocycles. The number of ether oxygens (including phenoxy) is 1. The summed E-state index contributed by atoms with van der Waals surface area (Å²) in [7, 11) is 1.46. The molecule has 0 spiro atoms. The molecule has 1 amide bonds. The molecule has 0 radical (unpaired) electrons. The van der Waals surface area contributed by atoms with E-state index in [-0.39, 0.29) is 18.9 Å². The van der Waals surface area contributed by atoms with Gasteiger partial charge in [-0.25, -0.2) is 0 Å². The number of halogens is 3. The summed E-state index contributed by atoms with van der Waals surface area (Å²) in [6.07, 6.45) is -4.08. The Bertz CT molecular complexity index is 276. The third kappa shape index (κ3) is 4.45. The van der Waals surface area contributed by atoms with Crippen molar-refractivity contribution in [3.63, 3.8) is 0 Å². The summed E-state index contributed by atoms with van der Waals surface area (Å²) >= 11 is 0. The first kappa shape index (κ1) is 15.2. The highest BCUT2D eigenvalue weighted by Crippen LogP contribution is 2.23. The molecule has 0 aromatic rings. The minimum absolute atomic E-state index is 0.0247. The van der Waals surface area contributed by atoms with Crippen LogP contribution in [0.4, 0.5) is 13.2 Å². The van der Waals surface area contributed by atoms with E-state index in [2.05, 4.69) is 10.6 Å². The lowest BCUT2D eigenvalue weighted by atomic mass is 9.91. The zero-order valence-electron chi connectivity index (χ0n) is 10.4. The zero-order chi connectivity index (χ0) is 13.6. The number of piperidine rings is 1. The van der Waals surface area contributed by atoms with E-state index in [9.17, 15) is 18.0 Å². The van der Waals surface area contributed by atoms with Gasteiger partial charge in [0.15, 0.2) is 0 Å². The first-order chi connectivity index (χ1) is 8.40. The van der Waals surface area contributed by atoms with Crippen molar-refractivity contribution in [3.05, 3.63) is 0 Å². The van der Waals surface area contributed by atoms with Crippen LogP contribution in [-0.4, -0.2) is 44.4 Å². The van der Waals surface area contributed by atoms with Crippen LogP contribution in [0.2, 0.25) is 0 Å². The lowest BCUT2D eigenvalue weighted by Crippen LogP contribution is -2.54. The maximum absolute atomic E-state index is 11.9. The summed E-state index contributed by atoms with van der Waals surface area (Å²) in [4.78, 5) is 11.9. The van der Waals surface area contributed by atoms with Crippen LogP contribution in [0.15, 0.2) is 0 Å². The van der Waals surface area contributed by atoms with E-state index >= 15 is 0 Å². The highest BCUT2D eigenvalue weighted by Gasteiger charge is 2.39. The summed E-state index contributed by atoms with van der Waals surface area (Å²) in [6.45, 7) is 1.37. The standard InChI is InChI=1S/C11H19F3N2O2/c1-18-10(4-7-15-8-5-10)9(17)16-6-2-3-11(12,13)14/h15H,2-8H2,1H3,(H,16,17). The molecule has 1 rings (SSSR count). The summed E-state index contributed by atoms with van der Waals surface area (Å²) in [5, 5.41) is 5.63. The lowest BCUT2D eigenvalue weighted by Gasteiger charge is -2.34. The van der Waals surface area contributed by atoms with E-state index in [1.165, 1.54) is 7.11 Å². The molecule has 0 unspecified atom stereocenters. The van der Waals surface area contributed by atoms with Gasteiger partial charge in [-0.05, 0) is 32.4 Å². The molecule has 0 aromatic heterocycles. The molecule has 0 aliphatic carbocycles. The number of methoxy groups -OCH3 is 1. The minimum atomic E-state index is -4.17. The lowest BCUT2D eigenvalue weighted by molar-refractivity contribution is -0.148. The number of carbonyl (C=O) groups is 1. The van der Waals surface area contributed by atoms with Crippen LogP contribution >= 0.6 is 0 Å². The summed E-state index contributed by atoms with van der Waals surface area (Å²) < 4.78 is 41.1. The molecule has 2 N–H and O–H groups in total. The number of rotatable bonds is 5. The number of alkyl halides is 3. The Balaban J connectivity index is 2.34. The third-order valence-electron chi connectivity index (χ3n) is 3.14. The molecule has 4 nitrogen and oxygen atoms in total. The second kappa shape index (κ2) is 6.38. The van der Waals surface area contributed by atoms with Gasteiger partial charge in [0.1, 0.15) is 5.60 Å². The molecular weight excluding hydrogens is 249 g/mol. The van der Waals surface area contributed by atoms with Gasteiger partial charge in [0.25, 0.3) is 5.91 Å². The predicted octanol–water partition coefficient (Wildman–Crippen LogP) is 1.21. The van der Waals surface area contributed by atoms with Crippen molar-refractivity contribution < 1.29 is 22.7 Å². The molecule has 1 aliphatic heterocycles. The normalized spacial score (nSPS) is 19.6. The van der Waals surface area contributed by atoms with Crippen LogP contribution in [-0.2, 0) is 9.53 Å². The van der Waals surface area contributed by atoms with Crippen molar-refractivity contribution in [3.8, 4) is 0 Å². The monoisotopic (exact) mass is 268 g/mol. The molecule has 106 valence electrons. The fraction of sp³-hybridized carbons (Fsp3) is 0.909. The van der Waals surface area contributed by atoms with Crippen LogP contribution in [0.25, 0.3) is 0 Å². The Morgan fingerprint density at radius 1 is 1.39 bits per heavy atom. The van der Waals surface area contributed by atoms with Gasteiger partial charge in [-0.1, -0.05) is 0 Å². The fourth-order valence-electron chi connectivity index (χ4n) is 2.01. The van der Waals surface area contributed by atoms with E-state index in [0.29, 0.717) is 25.9 Å². The largest absolute Gasteiger partial charge is 0.389 e. The van der Waals surface area contributed by atoms with Crippen molar-refractivity contribution in [2.75, 3.05) is 26.7 Å². The van der Waals surface area contributed by atoms with Gasteiger partial charge in [-0.3, -0.25) is 4.79 Å². The van der Waals surface area contributed by atoms with Crippen molar-refractivity contribution in [1.29, 1.82) is 0 Å². The number of nitrogens with one attached hydrogen (secondary N) is 2. The predicted molar refractivity (Wildman–Crippen MR) is 60.1 cm³/mol. The van der Waals surface area contributed by atoms with Gasteiger partial charge >= 0.3 is 6.18 Å². The van der Waals surface area contributed by atoms with Gasteiger partial charge in [0.05, 0.1) is 0 Å². The van der Waals surface area contributed by atoms with Crippen molar-refractivity contribution >= 4 is 5.91 Å². The van der Waals surface area contributed by atoms with E-state index in [1.54, 1.807) is 0 Å². The van der Waals surface area contributed by atoms with Crippen LogP contribution in [0.3, 0.4) is 0 Å². The smallest absolute Gasteiger partial charge is 0.368 e. The zero-order valence-corrected chi connectivity index (χ0v) is 10.4. The van der Waals surface area contributed by atoms with Gasteiger partial charge in [-0.2, -0.15) is 13.2 Å². The molecule has 0 saturated carbocycles. The van der Waals surface area contributed by atoms with Crippen molar-refractivity contribution in [2.45, 2.75) is 37.5 Å². The number of carbonyl (C=O) groups excluding carboxylic acids is 1. The Morgan fingerprint density at radius 2 is 2.00 bits per heavy atom. The number of amides is 1. The molecule has 1 fully saturated rings. The summed E-state index contributed by atoms with van der Waals surface area (Å²) in [6, 6.07) is 0. The van der Waals surface area contributed by atoms with Crippen molar-refractivity contribution in [1.82, 2.24) is 10.6 Å². The third-order valence-corrected chi connectivity index (χ3v) is 3.14. The highest BCUT2D eigenvalue weighted by atomic mass is 19.4. The van der Waals surface area contributed by atoms with Crippen LogP contribution in [0.1, 0.15) is 25.7 Å². The Labute approximate surface area is 104 Å². The van der Waals surface area contributed by atoms with E-state index in [0.717, 1.165) is 0 Å². The Hall–Kier alpha value is -0.820. The van der Waals surface area contributed by atoms with Crippen molar-refractivity contribution in [2.24, 2.45) is 0 Å². The average molecular weight is 268 g/mol. The first-order valence-electron chi connectivity index (χ1n) is 6.00. The van der Waals surface area contributed by atoms with E-state index in [1.807, 2.05) is 0 Å². The van der Waals surface area contributed by atoms with Gasteiger partial charge in [0, 0.05) is 20.1 Å². The minimum Gasteiger partial charge on any atom is -0.368 e.